The van der Waals surface area contributed by atoms with E-state index in [1.165, 1.54) is 137 Å². The summed E-state index contributed by atoms with van der Waals surface area (Å²) in [6.45, 7) is 25.6. The molecule has 2 aliphatic heterocycles. The minimum absolute atomic E-state index is 0.0121. The lowest BCUT2D eigenvalue weighted by molar-refractivity contribution is 0.590. The third-order valence-corrected chi connectivity index (χ3v) is 17.7. The van der Waals surface area contributed by atoms with Gasteiger partial charge in [0.2, 0.25) is 0 Å². The summed E-state index contributed by atoms with van der Waals surface area (Å²) in [5.74, 6) is 0.362. The van der Waals surface area contributed by atoms with Gasteiger partial charge in [0.15, 0.2) is 0 Å². The summed E-state index contributed by atoms with van der Waals surface area (Å²) in [5.41, 5.74) is 20.3. The van der Waals surface area contributed by atoms with Gasteiger partial charge in [0.05, 0.1) is 11.4 Å². The van der Waals surface area contributed by atoms with Crippen LogP contribution >= 0.6 is 11.3 Å². The molecule has 0 aliphatic carbocycles. The third kappa shape index (κ3) is 7.65. The lowest BCUT2D eigenvalue weighted by Gasteiger charge is -2.44. The van der Waals surface area contributed by atoms with Crippen LogP contribution in [0.25, 0.3) is 64.7 Å². The molecular formula is C71H65BN2S. The van der Waals surface area contributed by atoms with E-state index in [0.29, 0.717) is 5.92 Å². The van der Waals surface area contributed by atoms with E-state index in [-0.39, 0.29) is 23.0 Å². The van der Waals surface area contributed by atoms with Crippen LogP contribution in [0, 0.1) is 0 Å². The first-order valence-electron chi connectivity index (χ1n) is 27.1. The maximum atomic E-state index is 2.63. The molecule has 2 nitrogen and oxygen atoms in total. The predicted molar refractivity (Wildman–Crippen MR) is 329 cm³/mol. The zero-order chi connectivity index (χ0) is 51.9. The van der Waals surface area contributed by atoms with E-state index >= 15 is 0 Å². The molecule has 10 aromatic carbocycles. The van der Waals surface area contributed by atoms with Crippen molar-refractivity contribution in [2.75, 3.05) is 9.80 Å². The number of fused-ring (bicyclic) bond motifs is 12. The molecule has 0 N–H and O–H groups in total. The fraction of sp³-hybridized carbons (Fsp3) is 0.211. The fourth-order valence-electron chi connectivity index (χ4n) is 12.3. The van der Waals surface area contributed by atoms with E-state index in [1.54, 1.807) is 0 Å². The van der Waals surface area contributed by atoms with E-state index in [4.69, 9.17) is 0 Å². The number of anilines is 6. The van der Waals surface area contributed by atoms with Gasteiger partial charge in [-0.15, -0.1) is 11.3 Å². The second kappa shape index (κ2) is 17.1. The first-order chi connectivity index (χ1) is 35.9. The molecule has 0 bridgehead atoms. The Kier molecular flexibility index (Phi) is 10.8. The Labute approximate surface area is 448 Å². The molecule has 0 unspecified atom stereocenters. The fourth-order valence-corrected chi connectivity index (χ4v) is 13.6. The van der Waals surface area contributed by atoms with Gasteiger partial charge < -0.3 is 9.80 Å². The maximum Gasteiger partial charge on any atom is 0.264 e. The molecule has 1 aromatic heterocycles. The van der Waals surface area contributed by atoms with Gasteiger partial charge in [-0.05, 0) is 165 Å². The third-order valence-electron chi connectivity index (χ3n) is 16.5. The SMILES string of the molecule is CC(C)c1ccc2c(c1)B1c3sc4ccc(C(C)(C)C)cc4c3N(c3cccc(-c4cccc(C(C)(C)C)c4)c3)c3cccc(c31)N2c1ccc(C(C)(C)C)cc1-c1ccc2c3ccccc3c3ccccc3c2c1. The van der Waals surface area contributed by atoms with Crippen molar-refractivity contribution >= 4 is 110 Å². The minimum atomic E-state index is -0.0659. The van der Waals surface area contributed by atoms with Gasteiger partial charge in [-0.3, -0.25) is 0 Å². The molecular weight excluding hydrogens is 924 g/mol. The van der Waals surface area contributed by atoms with Crippen LogP contribution in [0.1, 0.15) is 104 Å². The highest BCUT2D eigenvalue weighted by Gasteiger charge is 2.46. The Morgan fingerprint density at radius 1 is 0.400 bits per heavy atom. The Morgan fingerprint density at radius 3 is 1.63 bits per heavy atom. The minimum Gasteiger partial charge on any atom is -0.311 e. The van der Waals surface area contributed by atoms with Gasteiger partial charge in [0.25, 0.3) is 6.71 Å². The number of hydrogen-bond acceptors (Lipinski definition) is 3. The van der Waals surface area contributed by atoms with Crippen molar-refractivity contribution in [2.24, 2.45) is 0 Å². The van der Waals surface area contributed by atoms with Crippen molar-refractivity contribution in [3.63, 3.8) is 0 Å². The van der Waals surface area contributed by atoms with Gasteiger partial charge in [0.1, 0.15) is 0 Å². The summed E-state index contributed by atoms with van der Waals surface area (Å²) >= 11 is 1.98. The van der Waals surface area contributed by atoms with Crippen LogP contribution in [-0.2, 0) is 16.2 Å². The molecule has 0 atom stereocenters. The second-order valence-corrected chi connectivity index (χ2v) is 25.9. The molecule has 0 saturated carbocycles. The van der Waals surface area contributed by atoms with E-state index < -0.39 is 0 Å². The standard InChI is InChI=1S/C71H65BN2S/c1-43(2)44-30-34-62-60(40-44)72-66-63(73(67-59-42-50(71(9,10)11)32-36-65(59)75-68(67)72)51-22-17-20-46(38-51)45-19-16-21-48(37-45)69(3,4)5)27-18-28-64(66)74(62)61-35-31-49(70(6,7)8)41-57(61)47-29-33-56-54-25-13-12-23-52(54)53-24-14-15-26-55(53)58(56)39-47/h12-43H,1-11H3. The van der Waals surface area contributed by atoms with Gasteiger partial charge in [0, 0.05) is 43.2 Å². The Morgan fingerprint density at radius 2 is 0.960 bits per heavy atom. The summed E-state index contributed by atoms with van der Waals surface area (Å²) < 4.78 is 2.72. The summed E-state index contributed by atoms with van der Waals surface area (Å²) in [6, 6.07) is 72.6. The molecule has 368 valence electrons. The molecule has 0 spiro atoms. The van der Waals surface area contributed by atoms with Crippen molar-refractivity contribution in [3.05, 3.63) is 210 Å². The zero-order valence-corrected chi connectivity index (χ0v) is 46.2. The van der Waals surface area contributed by atoms with Crippen LogP contribution in [0.4, 0.5) is 34.1 Å². The topological polar surface area (TPSA) is 6.48 Å². The Balaban J connectivity index is 1.09. The second-order valence-electron chi connectivity index (χ2n) is 24.8. The van der Waals surface area contributed by atoms with Crippen molar-refractivity contribution in [1.29, 1.82) is 0 Å². The molecule has 0 amide bonds. The highest BCUT2D eigenvalue weighted by molar-refractivity contribution is 7.33. The van der Waals surface area contributed by atoms with E-state index in [1.807, 2.05) is 11.3 Å². The lowest BCUT2D eigenvalue weighted by atomic mass is 9.36. The molecule has 4 heteroatoms. The van der Waals surface area contributed by atoms with E-state index in [9.17, 15) is 0 Å². The van der Waals surface area contributed by atoms with Gasteiger partial charge in [-0.25, -0.2) is 0 Å². The van der Waals surface area contributed by atoms with Crippen LogP contribution in [-0.4, -0.2) is 6.71 Å². The lowest BCUT2D eigenvalue weighted by Crippen LogP contribution is -2.60. The number of nitrogens with zero attached hydrogens (tertiary/aromatic N) is 2. The average molecular weight is 989 g/mol. The largest absolute Gasteiger partial charge is 0.311 e. The molecule has 3 heterocycles. The molecule has 75 heavy (non-hydrogen) atoms. The van der Waals surface area contributed by atoms with Crippen LogP contribution < -0.4 is 25.5 Å². The highest BCUT2D eigenvalue weighted by Crippen LogP contribution is 2.51. The van der Waals surface area contributed by atoms with E-state index in [0.717, 1.165) is 0 Å². The summed E-state index contributed by atoms with van der Waals surface area (Å²) in [4.78, 5) is 5.26. The number of hydrogen-bond donors (Lipinski definition) is 0. The average Bonchev–Trinajstić information content (AvgIpc) is 3.81. The predicted octanol–water partition coefficient (Wildman–Crippen LogP) is 18.8. The smallest absolute Gasteiger partial charge is 0.264 e. The van der Waals surface area contributed by atoms with Gasteiger partial charge in [-0.2, -0.15) is 0 Å². The monoisotopic (exact) mass is 988 g/mol. The first-order valence-corrected chi connectivity index (χ1v) is 27.9. The highest BCUT2D eigenvalue weighted by atomic mass is 32.1. The number of benzene rings is 10. The van der Waals surface area contributed by atoms with Crippen molar-refractivity contribution in [1.82, 2.24) is 0 Å². The molecule has 13 rings (SSSR count). The molecule has 11 aromatic rings. The maximum absolute atomic E-state index is 2.63. The molecule has 0 radical (unpaired) electrons. The van der Waals surface area contributed by atoms with Crippen LogP contribution in [0.3, 0.4) is 0 Å². The number of rotatable bonds is 5. The summed E-state index contributed by atoms with van der Waals surface area (Å²) in [5, 5.41) is 9.04. The van der Waals surface area contributed by atoms with Crippen molar-refractivity contribution in [2.45, 2.75) is 98.3 Å². The van der Waals surface area contributed by atoms with Crippen molar-refractivity contribution < 1.29 is 0 Å². The number of thiophene rings is 1. The van der Waals surface area contributed by atoms with Crippen molar-refractivity contribution in [3.8, 4) is 22.3 Å². The van der Waals surface area contributed by atoms with Crippen LogP contribution in [0.15, 0.2) is 188 Å². The normalized spacial score (nSPS) is 13.6. The molecule has 2 aliphatic rings. The van der Waals surface area contributed by atoms with E-state index in [2.05, 4.69) is 274 Å². The molecule has 0 fully saturated rings. The Hall–Kier alpha value is -7.40. The van der Waals surface area contributed by atoms with Crippen LogP contribution in [0.5, 0.6) is 0 Å². The zero-order valence-electron chi connectivity index (χ0n) is 45.4. The van der Waals surface area contributed by atoms with Gasteiger partial charge >= 0.3 is 0 Å². The Bertz CT molecular complexity index is 4100. The van der Waals surface area contributed by atoms with Crippen LogP contribution in [0.2, 0.25) is 0 Å². The quantitative estimate of drug-likeness (QED) is 0.125. The summed E-state index contributed by atoms with van der Waals surface area (Å²) in [7, 11) is 0. The summed E-state index contributed by atoms with van der Waals surface area (Å²) in [6.07, 6.45) is 0. The molecule has 0 saturated heterocycles. The van der Waals surface area contributed by atoms with Gasteiger partial charge in [-0.1, -0.05) is 204 Å². The first kappa shape index (κ1) is 47.3.